The van der Waals surface area contributed by atoms with Crippen molar-refractivity contribution in [1.82, 2.24) is 20.5 Å². The highest BCUT2D eigenvalue weighted by Crippen LogP contribution is 2.18. The molecule has 1 aromatic carbocycles. The topological polar surface area (TPSA) is 65.7 Å². The average Bonchev–Trinajstić information content (AvgIpc) is 3.17. The Balaban J connectivity index is 0.00000280. The van der Waals surface area contributed by atoms with E-state index in [9.17, 15) is 0 Å². The molecule has 2 heterocycles. The quantitative estimate of drug-likeness (QED) is 0.347. The summed E-state index contributed by atoms with van der Waals surface area (Å²) in [5.74, 6) is 2.33. The molecule has 154 valence electrons. The summed E-state index contributed by atoms with van der Waals surface area (Å²) in [5.41, 5.74) is 1.81. The van der Waals surface area contributed by atoms with Crippen LogP contribution in [0.3, 0.4) is 0 Å². The van der Waals surface area contributed by atoms with E-state index in [-0.39, 0.29) is 24.0 Å². The third-order valence-corrected chi connectivity index (χ3v) is 4.91. The van der Waals surface area contributed by atoms with Gasteiger partial charge in [-0.3, -0.25) is 0 Å². The Morgan fingerprint density at radius 2 is 1.96 bits per heavy atom. The molecule has 0 bridgehead atoms. The highest BCUT2D eigenvalue weighted by atomic mass is 127. The Morgan fingerprint density at radius 3 is 2.68 bits per heavy atom. The third-order valence-electron chi connectivity index (χ3n) is 4.91. The van der Waals surface area contributed by atoms with E-state index in [1.165, 1.54) is 25.9 Å². The van der Waals surface area contributed by atoms with Gasteiger partial charge in [-0.1, -0.05) is 25.1 Å². The first-order valence-electron chi connectivity index (χ1n) is 9.99. The van der Waals surface area contributed by atoms with E-state index in [0.29, 0.717) is 12.4 Å². The van der Waals surface area contributed by atoms with Gasteiger partial charge in [-0.25, -0.2) is 9.98 Å². The van der Waals surface area contributed by atoms with E-state index < -0.39 is 0 Å². The molecule has 6 nitrogen and oxygen atoms in total. The molecule has 7 heteroatoms. The summed E-state index contributed by atoms with van der Waals surface area (Å²) in [7, 11) is 0. The van der Waals surface area contributed by atoms with Gasteiger partial charge in [-0.05, 0) is 50.9 Å². The molecule has 1 aliphatic heterocycles. The lowest BCUT2D eigenvalue weighted by Crippen LogP contribution is -2.43. The van der Waals surface area contributed by atoms with Gasteiger partial charge in [0.15, 0.2) is 5.96 Å². The van der Waals surface area contributed by atoms with Crippen molar-refractivity contribution in [3.63, 3.8) is 0 Å². The van der Waals surface area contributed by atoms with Crippen LogP contribution in [0, 0.1) is 5.92 Å². The summed E-state index contributed by atoms with van der Waals surface area (Å²) in [6.07, 6.45) is 4.30. The Labute approximate surface area is 185 Å². The van der Waals surface area contributed by atoms with E-state index in [4.69, 9.17) is 4.42 Å². The number of aromatic nitrogens is 1. The van der Waals surface area contributed by atoms with Gasteiger partial charge in [0, 0.05) is 25.2 Å². The predicted molar refractivity (Wildman–Crippen MR) is 125 cm³/mol. The van der Waals surface area contributed by atoms with Gasteiger partial charge >= 0.3 is 0 Å². The number of nitrogens with zero attached hydrogens (tertiary/aromatic N) is 3. The molecule has 1 fully saturated rings. The fourth-order valence-electron chi connectivity index (χ4n) is 3.21. The number of rotatable bonds is 7. The Morgan fingerprint density at radius 1 is 1.21 bits per heavy atom. The normalized spacial score (nSPS) is 15.9. The first-order chi connectivity index (χ1) is 13.2. The van der Waals surface area contributed by atoms with Crippen LogP contribution in [0.1, 0.15) is 32.4 Å². The summed E-state index contributed by atoms with van der Waals surface area (Å²) < 4.78 is 5.58. The molecular formula is C21H32IN5O. The predicted octanol–water partition coefficient (Wildman–Crippen LogP) is 3.75. The first-order valence-corrected chi connectivity index (χ1v) is 9.99. The highest BCUT2D eigenvalue weighted by Gasteiger charge is 2.15. The van der Waals surface area contributed by atoms with Crippen molar-refractivity contribution in [2.24, 2.45) is 10.9 Å². The van der Waals surface area contributed by atoms with Crippen molar-refractivity contribution in [2.75, 3.05) is 32.7 Å². The summed E-state index contributed by atoms with van der Waals surface area (Å²) in [4.78, 5) is 11.7. The molecule has 0 saturated carbocycles. The Kier molecular flexibility index (Phi) is 9.77. The number of hydrogen-bond donors (Lipinski definition) is 2. The second kappa shape index (κ2) is 12.1. The number of benzene rings is 1. The molecule has 2 N–H and O–H groups in total. The number of piperidine rings is 1. The van der Waals surface area contributed by atoms with Gasteiger partial charge in [0.2, 0.25) is 5.89 Å². The molecule has 0 aliphatic carbocycles. The Hall–Kier alpha value is -1.61. The maximum atomic E-state index is 5.58. The van der Waals surface area contributed by atoms with Crippen LogP contribution in [0.4, 0.5) is 0 Å². The molecule has 28 heavy (non-hydrogen) atoms. The molecule has 0 radical (unpaired) electrons. The maximum absolute atomic E-state index is 5.58. The highest BCUT2D eigenvalue weighted by molar-refractivity contribution is 14.0. The lowest BCUT2D eigenvalue weighted by molar-refractivity contribution is 0.195. The summed E-state index contributed by atoms with van der Waals surface area (Å²) in [5, 5.41) is 6.72. The van der Waals surface area contributed by atoms with Crippen molar-refractivity contribution in [1.29, 1.82) is 0 Å². The molecular weight excluding hydrogens is 465 g/mol. The lowest BCUT2D eigenvalue weighted by atomic mass is 9.99. The summed E-state index contributed by atoms with van der Waals surface area (Å²) >= 11 is 0. The third kappa shape index (κ3) is 7.09. The van der Waals surface area contributed by atoms with Crippen molar-refractivity contribution in [2.45, 2.75) is 33.2 Å². The largest absolute Gasteiger partial charge is 0.444 e. The molecule has 0 unspecified atom stereocenters. The van der Waals surface area contributed by atoms with E-state index >= 15 is 0 Å². The molecule has 1 aliphatic rings. The number of hydrogen-bond acceptors (Lipinski definition) is 4. The molecule has 1 saturated heterocycles. The number of nitrogens with one attached hydrogen (secondary N) is 2. The zero-order valence-corrected chi connectivity index (χ0v) is 19.2. The van der Waals surface area contributed by atoms with Crippen molar-refractivity contribution < 1.29 is 4.42 Å². The van der Waals surface area contributed by atoms with Crippen LogP contribution in [0.25, 0.3) is 11.5 Å². The van der Waals surface area contributed by atoms with E-state index in [1.807, 2.05) is 30.3 Å². The van der Waals surface area contributed by atoms with Gasteiger partial charge < -0.3 is 20.0 Å². The number of halogens is 1. The smallest absolute Gasteiger partial charge is 0.226 e. The van der Waals surface area contributed by atoms with Crippen LogP contribution in [0.15, 0.2) is 46.0 Å². The second-order valence-corrected chi connectivity index (χ2v) is 7.16. The maximum Gasteiger partial charge on any atom is 0.226 e. The van der Waals surface area contributed by atoms with Gasteiger partial charge in [0.1, 0.15) is 12.0 Å². The monoisotopic (exact) mass is 497 g/mol. The first kappa shape index (κ1) is 22.7. The van der Waals surface area contributed by atoms with Crippen LogP contribution in [-0.2, 0) is 6.54 Å². The minimum absolute atomic E-state index is 0. The minimum Gasteiger partial charge on any atom is -0.444 e. The van der Waals surface area contributed by atoms with E-state index in [2.05, 4.69) is 39.4 Å². The SMILES string of the molecule is CCNC(=NCc1coc(-c2ccccc2)n1)NCCN1CCC(C)CC1.I. The fourth-order valence-corrected chi connectivity index (χ4v) is 3.21. The fraction of sp³-hybridized carbons (Fsp3) is 0.524. The van der Waals surface area contributed by atoms with Crippen LogP contribution in [0.5, 0.6) is 0 Å². The van der Waals surface area contributed by atoms with Crippen LogP contribution >= 0.6 is 24.0 Å². The molecule has 0 amide bonds. The Bertz CT molecular complexity index is 711. The van der Waals surface area contributed by atoms with Gasteiger partial charge in [0.25, 0.3) is 0 Å². The van der Waals surface area contributed by atoms with Gasteiger partial charge in [-0.15, -0.1) is 24.0 Å². The van der Waals surface area contributed by atoms with Crippen LogP contribution in [0.2, 0.25) is 0 Å². The lowest BCUT2D eigenvalue weighted by Gasteiger charge is -2.30. The van der Waals surface area contributed by atoms with Crippen molar-refractivity contribution >= 4 is 29.9 Å². The van der Waals surface area contributed by atoms with Gasteiger partial charge in [-0.2, -0.15) is 0 Å². The molecule has 3 rings (SSSR count). The number of guanidine groups is 1. The molecule has 2 aromatic rings. The minimum atomic E-state index is 0. The van der Waals surface area contributed by atoms with Gasteiger partial charge in [0.05, 0.1) is 6.54 Å². The molecule has 1 aromatic heterocycles. The van der Waals surface area contributed by atoms with E-state index in [1.54, 1.807) is 6.26 Å². The van der Waals surface area contributed by atoms with Crippen LogP contribution in [-0.4, -0.2) is 48.6 Å². The summed E-state index contributed by atoms with van der Waals surface area (Å²) in [6, 6.07) is 9.93. The molecule has 0 spiro atoms. The summed E-state index contributed by atoms with van der Waals surface area (Å²) in [6.45, 7) is 10.1. The van der Waals surface area contributed by atoms with Crippen molar-refractivity contribution in [3.05, 3.63) is 42.3 Å². The van der Waals surface area contributed by atoms with Crippen LogP contribution < -0.4 is 10.6 Å². The number of likely N-dealkylation sites (tertiary alicyclic amines) is 1. The zero-order chi connectivity index (χ0) is 18.9. The van der Waals surface area contributed by atoms with Crippen molar-refractivity contribution in [3.8, 4) is 11.5 Å². The average molecular weight is 497 g/mol. The standard InChI is InChI=1S/C21H31N5O.HI/c1-3-22-21(23-11-14-26-12-9-17(2)10-13-26)24-15-19-16-27-20(25-19)18-7-5-4-6-8-18;/h4-8,16-17H,3,9-15H2,1-2H3,(H2,22,23,24);1H. The zero-order valence-electron chi connectivity index (χ0n) is 16.9. The number of oxazole rings is 1. The van der Waals surface area contributed by atoms with E-state index in [0.717, 1.165) is 42.8 Å². The second-order valence-electron chi connectivity index (χ2n) is 7.16. The molecule has 0 atom stereocenters. The number of aliphatic imine (C=N–C) groups is 1.